The summed E-state index contributed by atoms with van der Waals surface area (Å²) in [6.45, 7) is 9.04. The van der Waals surface area contributed by atoms with Crippen molar-refractivity contribution >= 4 is 51.4 Å². The number of ether oxygens (including phenoxy) is 2. The van der Waals surface area contributed by atoms with Crippen molar-refractivity contribution < 1.29 is 14.3 Å². The van der Waals surface area contributed by atoms with Crippen LogP contribution in [0.5, 0.6) is 11.5 Å². The van der Waals surface area contributed by atoms with E-state index in [1.807, 2.05) is 26.0 Å². The number of hydrazone groups is 1. The number of carbonyl (C=O) groups is 1. The lowest BCUT2D eigenvalue weighted by Crippen LogP contribution is -2.35. The number of hydrogen-bond donors (Lipinski definition) is 1. The first-order valence-corrected chi connectivity index (χ1v) is 13.1. The summed E-state index contributed by atoms with van der Waals surface area (Å²) >= 11 is 7.54. The zero-order chi connectivity index (χ0) is 25.8. The fraction of sp³-hybridized carbons (Fsp3) is 0.333. The number of amidine groups is 2. The molecule has 0 bridgehead atoms. The molecule has 0 radical (unpaired) electrons. The normalized spacial score (nSPS) is 17.3. The maximum Gasteiger partial charge on any atom is 0.283 e. The largest absolute Gasteiger partial charge is 0.490 e. The minimum Gasteiger partial charge on any atom is -0.490 e. The van der Waals surface area contributed by atoms with Crippen molar-refractivity contribution in [1.29, 1.82) is 5.41 Å². The summed E-state index contributed by atoms with van der Waals surface area (Å²) in [6.07, 6.45) is 2.67. The first-order valence-electron chi connectivity index (χ1n) is 11.9. The van der Waals surface area contributed by atoms with Gasteiger partial charge in [0.25, 0.3) is 5.91 Å². The molecule has 188 valence electrons. The third kappa shape index (κ3) is 5.82. The summed E-state index contributed by atoms with van der Waals surface area (Å²) in [7, 11) is 0. The molecule has 0 saturated heterocycles. The predicted molar refractivity (Wildman–Crippen MR) is 147 cm³/mol. The van der Waals surface area contributed by atoms with Crippen LogP contribution >= 0.6 is 23.4 Å². The van der Waals surface area contributed by atoms with Crippen molar-refractivity contribution in [3.63, 3.8) is 0 Å². The van der Waals surface area contributed by atoms with Gasteiger partial charge >= 0.3 is 0 Å². The Morgan fingerprint density at radius 3 is 2.53 bits per heavy atom. The van der Waals surface area contributed by atoms with E-state index in [4.69, 9.17) is 26.5 Å². The number of amides is 1. The van der Waals surface area contributed by atoms with Crippen LogP contribution in [0.1, 0.15) is 51.2 Å². The third-order valence-electron chi connectivity index (χ3n) is 5.91. The zero-order valence-electron chi connectivity index (χ0n) is 20.7. The van der Waals surface area contributed by atoms with E-state index in [1.165, 1.54) is 22.3 Å². The zero-order valence-corrected chi connectivity index (χ0v) is 22.3. The molecule has 0 saturated carbocycles. The predicted octanol–water partition coefficient (Wildman–Crippen LogP) is 6.59. The summed E-state index contributed by atoms with van der Waals surface area (Å²) in [5.74, 6) is 1.48. The molecule has 2 aromatic rings. The highest BCUT2D eigenvalue weighted by Crippen LogP contribution is 2.32. The van der Waals surface area contributed by atoms with Crippen LogP contribution in [0.2, 0.25) is 5.02 Å². The maximum absolute atomic E-state index is 12.7. The molecule has 1 unspecified atom stereocenters. The van der Waals surface area contributed by atoms with Crippen LogP contribution in [-0.4, -0.2) is 40.2 Å². The van der Waals surface area contributed by atoms with E-state index >= 15 is 0 Å². The smallest absolute Gasteiger partial charge is 0.283 e. The van der Waals surface area contributed by atoms with E-state index in [2.05, 4.69) is 36.1 Å². The first kappa shape index (κ1) is 26.0. The van der Waals surface area contributed by atoms with Gasteiger partial charge in [0.15, 0.2) is 5.84 Å². The van der Waals surface area contributed by atoms with Gasteiger partial charge in [-0.05, 0) is 66.1 Å². The second-order valence-corrected chi connectivity index (χ2v) is 10.3. The van der Waals surface area contributed by atoms with E-state index in [0.717, 1.165) is 17.2 Å². The van der Waals surface area contributed by atoms with E-state index in [-0.39, 0.29) is 17.3 Å². The van der Waals surface area contributed by atoms with Crippen molar-refractivity contribution in [1.82, 2.24) is 5.01 Å². The molecule has 0 fully saturated rings. The molecule has 2 heterocycles. The van der Waals surface area contributed by atoms with Crippen LogP contribution in [0.4, 0.5) is 0 Å². The van der Waals surface area contributed by atoms with Crippen LogP contribution in [0.15, 0.2) is 58.1 Å². The average Bonchev–Trinajstić information content (AvgIpc) is 3.30. The Bertz CT molecular complexity index is 1250. The Hall–Kier alpha value is -3.10. The third-order valence-corrected chi connectivity index (χ3v) is 7.35. The molecular weight excluding hydrogens is 496 g/mol. The summed E-state index contributed by atoms with van der Waals surface area (Å²) in [5.41, 5.74) is 1.99. The van der Waals surface area contributed by atoms with Crippen molar-refractivity contribution in [2.75, 3.05) is 13.2 Å². The number of fused-ring (bicyclic) bond motifs is 1. The number of halogens is 1. The van der Waals surface area contributed by atoms with Gasteiger partial charge in [-0.2, -0.15) is 15.1 Å². The van der Waals surface area contributed by atoms with Crippen LogP contribution in [0, 0.1) is 11.3 Å². The van der Waals surface area contributed by atoms with Gasteiger partial charge in [0.2, 0.25) is 5.17 Å². The van der Waals surface area contributed by atoms with Gasteiger partial charge in [0, 0.05) is 16.5 Å². The molecule has 4 rings (SSSR count). The number of rotatable bonds is 9. The lowest BCUT2D eigenvalue weighted by molar-refractivity contribution is -0.114. The van der Waals surface area contributed by atoms with E-state index < -0.39 is 5.91 Å². The first-order chi connectivity index (χ1) is 17.3. The number of aliphatic imine (C=N–C) groups is 1. The average molecular weight is 525 g/mol. The number of thioether (sulfide) groups is 1. The van der Waals surface area contributed by atoms with Crippen molar-refractivity contribution in [3.05, 3.63) is 64.2 Å². The Kier molecular flexibility index (Phi) is 8.16. The van der Waals surface area contributed by atoms with Crippen LogP contribution in [0.3, 0.4) is 0 Å². The Labute approximate surface area is 220 Å². The quantitative estimate of drug-likeness (QED) is 0.295. The fourth-order valence-electron chi connectivity index (χ4n) is 3.60. The van der Waals surface area contributed by atoms with Gasteiger partial charge in [0.1, 0.15) is 29.8 Å². The second-order valence-electron chi connectivity index (χ2n) is 8.87. The summed E-state index contributed by atoms with van der Waals surface area (Å²) in [5, 5.41) is 16.1. The number of nitrogens with one attached hydrogen (secondary N) is 1. The molecule has 2 aromatic carbocycles. The molecule has 36 heavy (non-hydrogen) atoms. The molecule has 7 nitrogen and oxygen atoms in total. The summed E-state index contributed by atoms with van der Waals surface area (Å²) in [4.78, 5) is 16.9. The molecule has 1 N–H and O–H groups in total. The highest BCUT2D eigenvalue weighted by atomic mass is 35.5. The van der Waals surface area contributed by atoms with Crippen molar-refractivity contribution in [2.24, 2.45) is 16.0 Å². The summed E-state index contributed by atoms with van der Waals surface area (Å²) < 4.78 is 11.8. The molecular formula is C27H29ClN4O3S. The topological polar surface area (TPSA) is 87.3 Å². The minimum absolute atomic E-state index is 0.0248. The number of carbonyl (C=O) groups excluding carboxylic acids is 1. The Morgan fingerprint density at radius 2 is 1.83 bits per heavy atom. The molecule has 1 amide bonds. The molecule has 0 spiro atoms. The highest BCUT2D eigenvalue weighted by molar-refractivity contribution is 8.27. The Morgan fingerprint density at radius 1 is 1.11 bits per heavy atom. The Balaban J connectivity index is 1.45. The maximum atomic E-state index is 12.7. The van der Waals surface area contributed by atoms with Gasteiger partial charge in [-0.15, -0.1) is 0 Å². The highest BCUT2D eigenvalue weighted by Gasteiger charge is 2.36. The van der Waals surface area contributed by atoms with E-state index in [1.54, 1.807) is 24.3 Å². The number of benzene rings is 2. The van der Waals surface area contributed by atoms with Gasteiger partial charge in [-0.25, -0.2) is 0 Å². The molecule has 0 aromatic heterocycles. The van der Waals surface area contributed by atoms with Crippen molar-refractivity contribution in [3.8, 4) is 11.5 Å². The van der Waals surface area contributed by atoms with Crippen molar-refractivity contribution in [2.45, 2.75) is 40.0 Å². The molecule has 0 aliphatic carbocycles. The SMILES string of the molecule is CCC(C)c1ccc(OCCOc2ccc(Cl)cc2C=C2C(=N)N3N=C(C(C)C)SC3=NC2=O)cc1. The molecule has 9 heteroatoms. The molecule has 2 aliphatic heterocycles. The number of hydrogen-bond acceptors (Lipinski definition) is 6. The molecule has 1 atom stereocenters. The van der Waals surface area contributed by atoms with Gasteiger partial charge in [-0.3, -0.25) is 10.2 Å². The number of nitrogens with zero attached hydrogens (tertiary/aromatic N) is 3. The lowest BCUT2D eigenvalue weighted by atomic mass is 9.99. The minimum atomic E-state index is -0.492. The van der Waals surface area contributed by atoms with Crippen LogP contribution in [0.25, 0.3) is 6.08 Å². The molecule has 2 aliphatic rings. The fourth-order valence-corrected chi connectivity index (χ4v) is 4.67. The van der Waals surface area contributed by atoms with E-state index in [9.17, 15) is 4.79 Å². The van der Waals surface area contributed by atoms with Crippen LogP contribution < -0.4 is 9.47 Å². The van der Waals surface area contributed by atoms with Gasteiger partial charge in [-0.1, -0.05) is 51.4 Å². The lowest BCUT2D eigenvalue weighted by Gasteiger charge is -2.20. The van der Waals surface area contributed by atoms with Gasteiger partial charge in [0.05, 0.1) is 5.57 Å². The van der Waals surface area contributed by atoms with Crippen LogP contribution in [-0.2, 0) is 4.79 Å². The monoisotopic (exact) mass is 524 g/mol. The summed E-state index contributed by atoms with van der Waals surface area (Å²) in [6, 6.07) is 13.3. The van der Waals surface area contributed by atoms with E-state index in [0.29, 0.717) is 40.6 Å². The standard InChI is InChI=1S/C27H29ClN4O3S/c1-5-17(4)18-6-9-21(10-7-18)34-12-13-35-23-11-8-20(28)14-19(23)15-22-24(29)32-27(30-25(22)33)36-26(31-32)16(2)3/h6-11,14-17,29H,5,12-13H2,1-4H3. The van der Waals surface area contributed by atoms with Gasteiger partial charge < -0.3 is 9.47 Å². The second kappa shape index (κ2) is 11.3.